The molecule has 2 aliphatic heterocycles. The van der Waals surface area contributed by atoms with Gasteiger partial charge < -0.3 is 9.67 Å². The van der Waals surface area contributed by atoms with Gasteiger partial charge in [0.25, 0.3) is 10.2 Å². The molecule has 1 saturated carbocycles. The van der Waals surface area contributed by atoms with E-state index in [4.69, 9.17) is 5.14 Å². The monoisotopic (exact) mass is 360 g/mol. The molecule has 3 N–H and O–H groups in total. The van der Waals surface area contributed by atoms with Crippen LogP contribution in [-0.2, 0) is 10.2 Å². The summed E-state index contributed by atoms with van der Waals surface area (Å²) in [5.74, 6) is 0.0410. The van der Waals surface area contributed by atoms with Crippen molar-refractivity contribution in [2.45, 2.75) is 25.0 Å². The van der Waals surface area contributed by atoms with Crippen molar-refractivity contribution in [3.05, 3.63) is 42.4 Å². The fraction of sp³-hybridized carbons (Fsp3) is 0.471. The molecule has 2 aromatic rings. The number of nitrogens with two attached hydrogens (primary N) is 1. The first-order chi connectivity index (χ1) is 11.9. The van der Waals surface area contributed by atoms with Crippen molar-refractivity contribution < 1.29 is 13.5 Å². The topological polar surface area (TPSA) is 101 Å². The number of aliphatic hydroxyl groups is 1. The molecule has 3 atom stereocenters. The lowest BCUT2D eigenvalue weighted by molar-refractivity contribution is -0.0549. The number of benzene rings is 1. The highest BCUT2D eigenvalue weighted by Gasteiger charge is 2.59. The Hall–Kier alpha value is -1.74. The molecule has 0 bridgehead atoms. The molecule has 3 heterocycles. The summed E-state index contributed by atoms with van der Waals surface area (Å²) < 4.78 is 26.4. The summed E-state index contributed by atoms with van der Waals surface area (Å²) in [4.78, 5) is 4.28. The van der Waals surface area contributed by atoms with Gasteiger partial charge in [0, 0.05) is 30.0 Å². The van der Waals surface area contributed by atoms with E-state index in [0.717, 1.165) is 24.1 Å². The molecule has 1 saturated heterocycles. The SMILES string of the molecule is NS(=O)(=O)N1CC2(CCC(C3c4ccccc4-c4cncn43)C2O)C1. The van der Waals surface area contributed by atoms with Crippen LogP contribution in [0.3, 0.4) is 0 Å². The number of nitrogens with zero attached hydrogens (tertiary/aromatic N) is 3. The molecule has 8 heteroatoms. The van der Waals surface area contributed by atoms with Crippen molar-refractivity contribution in [2.24, 2.45) is 16.5 Å². The smallest absolute Gasteiger partial charge is 0.276 e. The molecule has 3 aliphatic rings. The molecule has 1 aromatic carbocycles. The fourth-order valence-corrected chi connectivity index (χ4v) is 5.91. The maximum absolute atomic E-state index is 11.5. The summed E-state index contributed by atoms with van der Waals surface area (Å²) in [6.07, 6.45) is 4.80. The molecular formula is C17H20N4O3S. The molecule has 1 spiro atoms. The summed E-state index contributed by atoms with van der Waals surface area (Å²) in [6, 6.07) is 8.29. The van der Waals surface area contributed by atoms with E-state index in [2.05, 4.69) is 21.7 Å². The summed E-state index contributed by atoms with van der Waals surface area (Å²) in [5, 5.41) is 16.3. The van der Waals surface area contributed by atoms with E-state index in [1.165, 1.54) is 9.87 Å². The van der Waals surface area contributed by atoms with Gasteiger partial charge in [-0.15, -0.1) is 0 Å². The van der Waals surface area contributed by atoms with Crippen LogP contribution in [0.15, 0.2) is 36.8 Å². The van der Waals surface area contributed by atoms with E-state index in [9.17, 15) is 13.5 Å². The van der Waals surface area contributed by atoms with Crippen LogP contribution in [0.1, 0.15) is 24.4 Å². The van der Waals surface area contributed by atoms with Crippen molar-refractivity contribution >= 4 is 10.2 Å². The highest BCUT2D eigenvalue weighted by atomic mass is 32.2. The van der Waals surface area contributed by atoms with Gasteiger partial charge in [-0.05, 0) is 18.4 Å². The van der Waals surface area contributed by atoms with E-state index in [1.807, 2.05) is 24.7 Å². The van der Waals surface area contributed by atoms with Crippen molar-refractivity contribution in [1.82, 2.24) is 13.9 Å². The highest BCUT2D eigenvalue weighted by molar-refractivity contribution is 7.86. The standard InChI is InChI=1S/C17H20N4O3S/c18-25(23,24)20-8-17(9-20)6-5-13(16(17)22)15-12-4-2-1-3-11(12)14-7-19-10-21(14)15/h1-4,7,10,13,15-16,22H,5-6,8-9H2,(H2,18,23,24). The molecule has 25 heavy (non-hydrogen) atoms. The molecule has 0 radical (unpaired) electrons. The van der Waals surface area contributed by atoms with Crippen LogP contribution in [0, 0.1) is 11.3 Å². The number of hydrogen-bond acceptors (Lipinski definition) is 4. The van der Waals surface area contributed by atoms with Crippen molar-refractivity contribution in [1.29, 1.82) is 0 Å². The Labute approximate surface area is 146 Å². The molecule has 1 aromatic heterocycles. The van der Waals surface area contributed by atoms with Gasteiger partial charge in [0.2, 0.25) is 0 Å². The number of aromatic nitrogens is 2. The minimum Gasteiger partial charge on any atom is -0.392 e. The van der Waals surface area contributed by atoms with Crippen molar-refractivity contribution in [3.8, 4) is 11.3 Å². The molecule has 2 fully saturated rings. The van der Waals surface area contributed by atoms with Gasteiger partial charge >= 0.3 is 0 Å². The second kappa shape index (κ2) is 4.91. The zero-order chi connectivity index (χ0) is 17.4. The number of hydrogen-bond donors (Lipinski definition) is 2. The predicted octanol–water partition coefficient (Wildman–Crippen LogP) is 0.729. The second-order valence-corrected chi connectivity index (χ2v) is 9.09. The normalized spacial score (nSPS) is 30.2. The van der Waals surface area contributed by atoms with Crippen LogP contribution in [0.2, 0.25) is 0 Å². The first-order valence-corrected chi connectivity index (χ1v) is 9.98. The molecule has 7 nitrogen and oxygen atoms in total. The second-order valence-electron chi connectivity index (χ2n) is 7.54. The molecule has 3 unspecified atom stereocenters. The molecule has 1 aliphatic carbocycles. The highest BCUT2D eigenvalue weighted by Crippen LogP contribution is 2.55. The molecule has 5 rings (SSSR count). The van der Waals surface area contributed by atoms with Crippen molar-refractivity contribution in [2.75, 3.05) is 13.1 Å². The zero-order valence-electron chi connectivity index (χ0n) is 13.6. The Balaban J connectivity index is 1.48. The number of rotatable bonds is 2. The minimum absolute atomic E-state index is 0.0410. The van der Waals surface area contributed by atoms with Crippen LogP contribution in [0.25, 0.3) is 11.3 Å². The van der Waals surface area contributed by atoms with Gasteiger partial charge in [-0.1, -0.05) is 24.3 Å². The van der Waals surface area contributed by atoms with Gasteiger partial charge in [-0.2, -0.15) is 12.7 Å². The quantitative estimate of drug-likeness (QED) is 0.824. The Bertz CT molecular complexity index is 948. The molecule has 132 valence electrons. The van der Waals surface area contributed by atoms with Gasteiger partial charge in [0.05, 0.1) is 30.4 Å². The lowest BCUT2D eigenvalue weighted by Gasteiger charge is -2.49. The minimum atomic E-state index is -3.67. The predicted molar refractivity (Wildman–Crippen MR) is 91.6 cm³/mol. The third-order valence-corrected chi connectivity index (χ3v) is 7.26. The number of imidazole rings is 1. The maximum Gasteiger partial charge on any atom is 0.276 e. The fourth-order valence-electron chi connectivity index (χ4n) is 5.04. The Morgan fingerprint density at radius 3 is 2.80 bits per heavy atom. The van der Waals surface area contributed by atoms with Crippen LogP contribution in [0.4, 0.5) is 0 Å². The van der Waals surface area contributed by atoms with E-state index in [-0.39, 0.29) is 17.4 Å². The molecular weight excluding hydrogens is 340 g/mol. The maximum atomic E-state index is 11.5. The van der Waals surface area contributed by atoms with E-state index in [0.29, 0.717) is 13.1 Å². The average molecular weight is 360 g/mol. The lowest BCUT2D eigenvalue weighted by Crippen LogP contribution is -2.63. The Kier molecular flexibility index (Phi) is 3.05. The van der Waals surface area contributed by atoms with E-state index >= 15 is 0 Å². The van der Waals surface area contributed by atoms with Gasteiger partial charge in [-0.25, -0.2) is 10.1 Å². The average Bonchev–Trinajstić information content (AvgIpc) is 3.18. The lowest BCUT2D eigenvalue weighted by atomic mass is 9.75. The summed E-state index contributed by atoms with van der Waals surface area (Å²) in [7, 11) is -3.67. The van der Waals surface area contributed by atoms with Gasteiger partial charge in [-0.3, -0.25) is 0 Å². The zero-order valence-corrected chi connectivity index (χ0v) is 14.4. The van der Waals surface area contributed by atoms with E-state index < -0.39 is 16.3 Å². The summed E-state index contributed by atoms with van der Waals surface area (Å²) >= 11 is 0. The van der Waals surface area contributed by atoms with Crippen molar-refractivity contribution in [3.63, 3.8) is 0 Å². The van der Waals surface area contributed by atoms with Crippen LogP contribution >= 0.6 is 0 Å². The van der Waals surface area contributed by atoms with Crippen LogP contribution < -0.4 is 5.14 Å². The Morgan fingerprint density at radius 2 is 2.04 bits per heavy atom. The summed E-state index contributed by atoms with van der Waals surface area (Å²) in [5.41, 5.74) is 3.09. The van der Waals surface area contributed by atoms with Gasteiger partial charge in [0.15, 0.2) is 0 Å². The van der Waals surface area contributed by atoms with Crippen LogP contribution in [0.5, 0.6) is 0 Å². The van der Waals surface area contributed by atoms with Crippen LogP contribution in [-0.4, -0.2) is 46.6 Å². The Morgan fingerprint density at radius 1 is 1.28 bits per heavy atom. The number of fused-ring (bicyclic) bond motifs is 3. The third kappa shape index (κ3) is 2.02. The third-order valence-electron chi connectivity index (χ3n) is 6.28. The first kappa shape index (κ1) is 15.5. The van der Waals surface area contributed by atoms with Gasteiger partial charge in [0.1, 0.15) is 0 Å². The first-order valence-electron chi connectivity index (χ1n) is 8.48. The number of aliphatic hydroxyl groups excluding tert-OH is 1. The summed E-state index contributed by atoms with van der Waals surface area (Å²) in [6.45, 7) is 0.628. The van der Waals surface area contributed by atoms with E-state index in [1.54, 1.807) is 0 Å². The molecule has 0 amide bonds. The largest absolute Gasteiger partial charge is 0.392 e.